The fourth-order valence-corrected chi connectivity index (χ4v) is 3.22. The van der Waals surface area contributed by atoms with Crippen molar-refractivity contribution in [3.8, 4) is 10.8 Å². The molecule has 152 valence electrons. The molecule has 1 amide bonds. The molecule has 0 radical (unpaired) electrons. The number of aryl methyl sites for hydroxylation is 1. The highest BCUT2D eigenvalue weighted by Crippen LogP contribution is 2.30. The van der Waals surface area contributed by atoms with Crippen molar-refractivity contribution in [2.75, 3.05) is 5.32 Å². The second-order valence-corrected chi connectivity index (χ2v) is 7.22. The molecule has 29 heavy (non-hydrogen) atoms. The molecule has 1 N–H and O–H groups in total. The molecule has 10 heteroatoms. The number of carbonyl (C=O) groups is 2. The van der Waals surface area contributed by atoms with E-state index in [0.717, 1.165) is 24.3 Å². The number of esters is 1. The molecule has 3 rings (SSSR count). The molecule has 6 nitrogen and oxygen atoms in total. The summed E-state index contributed by atoms with van der Waals surface area (Å²) in [6.45, 7) is 3.04. The number of hydrogen-bond acceptors (Lipinski definition) is 6. The molecule has 1 unspecified atom stereocenters. The zero-order chi connectivity index (χ0) is 21.2. The number of anilines is 1. The van der Waals surface area contributed by atoms with E-state index in [-0.39, 0.29) is 11.4 Å². The number of nitrogens with one attached hydrogen (secondary N) is 1. The first-order chi connectivity index (χ1) is 13.6. The highest BCUT2D eigenvalue weighted by molar-refractivity contribution is 7.15. The summed E-state index contributed by atoms with van der Waals surface area (Å²) < 4.78 is 48.1. The summed E-state index contributed by atoms with van der Waals surface area (Å²) in [5.41, 5.74) is -0.618. The van der Waals surface area contributed by atoms with Crippen molar-refractivity contribution in [3.63, 3.8) is 0 Å². The Morgan fingerprint density at radius 3 is 2.48 bits per heavy atom. The third-order valence-electron chi connectivity index (χ3n) is 3.85. The molecule has 0 aliphatic rings. The maximum Gasteiger partial charge on any atom is 0.416 e. The van der Waals surface area contributed by atoms with Crippen LogP contribution in [0.3, 0.4) is 0 Å². The summed E-state index contributed by atoms with van der Waals surface area (Å²) in [5, 5.41) is 2.90. The van der Waals surface area contributed by atoms with E-state index in [1.807, 2.05) is 0 Å². The van der Waals surface area contributed by atoms with Gasteiger partial charge in [0, 0.05) is 10.6 Å². The van der Waals surface area contributed by atoms with Crippen LogP contribution in [0.4, 0.5) is 18.9 Å². The zero-order valence-corrected chi connectivity index (χ0v) is 16.1. The van der Waals surface area contributed by atoms with Gasteiger partial charge in [-0.25, -0.2) is 9.78 Å². The molecule has 1 aromatic carbocycles. The number of halogens is 3. The van der Waals surface area contributed by atoms with Crippen LogP contribution in [0.2, 0.25) is 0 Å². The Hall–Kier alpha value is -3.14. The molecule has 0 saturated heterocycles. The first kappa shape index (κ1) is 20.6. The van der Waals surface area contributed by atoms with Crippen LogP contribution in [0.25, 0.3) is 10.8 Å². The lowest BCUT2D eigenvalue weighted by Gasteiger charge is -2.13. The van der Waals surface area contributed by atoms with Crippen LogP contribution < -0.4 is 5.32 Å². The van der Waals surface area contributed by atoms with Gasteiger partial charge in [0.25, 0.3) is 5.91 Å². The Kier molecular flexibility index (Phi) is 5.73. The van der Waals surface area contributed by atoms with Crippen molar-refractivity contribution < 1.29 is 31.9 Å². The lowest BCUT2D eigenvalue weighted by Crippen LogP contribution is -2.30. The van der Waals surface area contributed by atoms with Gasteiger partial charge in [-0.05, 0) is 50.2 Å². The summed E-state index contributed by atoms with van der Waals surface area (Å²) in [7, 11) is 0. The number of thiazole rings is 1. The smallest absolute Gasteiger partial charge is 0.416 e. The SMILES string of the molecule is Cc1sc(-c2ccco2)nc1C(=O)OC(C)C(=O)Nc1ccc(C(F)(F)F)cc1. The lowest BCUT2D eigenvalue weighted by atomic mass is 10.2. The molecule has 2 heterocycles. The van der Waals surface area contributed by atoms with Gasteiger partial charge in [0.2, 0.25) is 0 Å². The number of amides is 1. The Morgan fingerprint density at radius 1 is 1.21 bits per heavy atom. The van der Waals surface area contributed by atoms with Crippen LogP contribution in [0.5, 0.6) is 0 Å². The lowest BCUT2D eigenvalue weighted by molar-refractivity contribution is -0.137. The Balaban J connectivity index is 1.63. The molecule has 2 aromatic heterocycles. The van der Waals surface area contributed by atoms with E-state index in [1.165, 1.54) is 24.5 Å². The molecule has 0 aliphatic carbocycles. The number of furan rings is 1. The van der Waals surface area contributed by atoms with E-state index in [4.69, 9.17) is 9.15 Å². The number of carbonyl (C=O) groups excluding carboxylic acids is 2. The van der Waals surface area contributed by atoms with Crippen LogP contribution >= 0.6 is 11.3 Å². The van der Waals surface area contributed by atoms with E-state index in [1.54, 1.807) is 19.1 Å². The summed E-state index contributed by atoms with van der Waals surface area (Å²) in [6, 6.07) is 7.33. The van der Waals surface area contributed by atoms with Gasteiger partial charge in [-0.3, -0.25) is 4.79 Å². The molecule has 0 aliphatic heterocycles. The first-order valence-corrected chi connectivity index (χ1v) is 9.17. The standard InChI is InChI=1S/C19H15F3N2O4S/c1-10(16(25)23-13-7-5-12(6-8-13)19(20,21)22)28-18(26)15-11(2)29-17(24-15)14-4-3-9-27-14/h3-10H,1-2H3,(H,23,25). The number of ether oxygens (including phenoxy) is 1. The minimum atomic E-state index is -4.47. The normalized spacial score (nSPS) is 12.4. The van der Waals surface area contributed by atoms with E-state index in [0.29, 0.717) is 15.6 Å². The van der Waals surface area contributed by atoms with E-state index in [9.17, 15) is 22.8 Å². The van der Waals surface area contributed by atoms with Gasteiger partial charge in [-0.15, -0.1) is 11.3 Å². The van der Waals surface area contributed by atoms with Crippen molar-refractivity contribution >= 4 is 28.9 Å². The Morgan fingerprint density at radius 2 is 1.90 bits per heavy atom. The minimum Gasteiger partial charge on any atom is -0.462 e. The third-order valence-corrected chi connectivity index (χ3v) is 4.84. The zero-order valence-electron chi connectivity index (χ0n) is 15.2. The topological polar surface area (TPSA) is 81.4 Å². The Bertz CT molecular complexity index is 1010. The Labute approximate surface area is 167 Å². The van der Waals surface area contributed by atoms with Gasteiger partial charge in [-0.2, -0.15) is 13.2 Å². The molecular weight excluding hydrogens is 409 g/mol. The van der Waals surface area contributed by atoms with Crippen LogP contribution in [-0.4, -0.2) is 23.0 Å². The van der Waals surface area contributed by atoms with Gasteiger partial charge >= 0.3 is 12.1 Å². The second kappa shape index (κ2) is 8.08. The maximum absolute atomic E-state index is 12.6. The molecule has 0 bridgehead atoms. The van der Waals surface area contributed by atoms with Crippen LogP contribution in [0.1, 0.15) is 27.9 Å². The highest BCUT2D eigenvalue weighted by atomic mass is 32.1. The molecule has 3 aromatic rings. The van der Waals surface area contributed by atoms with Crippen LogP contribution in [0, 0.1) is 6.92 Å². The van der Waals surface area contributed by atoms with E-state index >= 15 is 0 Å². The van der Waals surface area contributed by atoms with Crippen molar-refractivity contribution in [2.24, 2.45) is 0 Å². The minimum absolute atomic E-state index is 0.0654. The number of rotatable bonds is 5. The van der Waals surface area contributed by atoms with E-state index < -0.39 is 29.7 Å². The molecule has 0 saturated carbocycles. The number of hydrogen-bond donors (Lipinski definition) is 1. The number of aromatic nitrogens is 1. The van der Waals surface area contributed by atoms with Crippen LogP contribution in [0.15, 0.2) is 47.1 Å². The number of alkyl halides is 3. The van der Waals surface area contributed by atoms with Crippen molar-refractivity contribution in [2.45, 2.75) is 26.1 Å². The molecular formula is C19H15F3N2O4S. The van der Waals surface area contributed by atoms with Crippen molar-refractivity contribution in [3.05, 3.63) is 58.8 Å². The van der Waals surface area contributed by atoms with Gasteiger partial charge in [-0.1, -0.05) is 0 Å². The van der Waals surface area contributed by atoms with Crippen LogP contribution in [-0.2, 0) is 15.7 Å². The van der Waals surface area contributed by atoms with Crippen molar-refractivity contribution in [1.29, 1.82) is 0 Å². The summed E-state index contributed by atoms with van der Waals surface area (Å²) >= 11 is 1.24. The van der Waals surface area contributed by atoms with Gasteiger partial charge in [0.05, 0.1) is 11.8 Å². The van der Waals surface area contributed by atoms with Gasteiger partial charge in [0.1, 0.15) is 0 Å². The molecule has 1 atom stereocenters. The third kappa shape index (κ3) is 4.83. The number of benzene rings is 1. The average molecular weight is 424 g/mol. The second-order valence-electron chi connectivity index (χ2n) is 6.01. The quantitative estimate of drug-likeness (QED) is 0.589. The van der Waals surface area contributed by atoms with Gasteiger partial charge < -0.3 is 14.5 Å². The highest BCUT2D eigenvalue weighted by Gasteiger charge is 2.30. The van der Waals surface area contributed by atoms with E-state index in [2.05, 4.69) is 10.3 Å². The van der Waals surface area contributed by atoms with Crippen molar-refractivity contribution in [1.82, 2.24) is 4.98 Å². The predicted molar refractivity (Wildman–Crippen MR) is 99.5 cm³/mol. The maximum atomic E-state index is 12.6. The average Bonchev–Trinajstić information content (AvgIpc) is 3.30. The number of nitrogens with zero attached hydrogens (tertiary/aromatic N) is 1. The predicted octanol–water partition coefficient (Wildman–Crippen LogP) is 4.91. The summed E-state index contributed by atoms with van der Waals surface area (Å²) in [5.74, 6) is -0.964. The summed E-state index contributed by atoms with van der Waals surface area (Å²) in [4.78, 5) is 29.3. The monoisotopic (exact) mass is 424 g/mol. The first-order valence-electron chi connectivity index (χ1n) is 8.35. The molecule has 0 spiro atoms. The summed E-state index contributed by atoms with van der Waals surface area (Å²) in [6.07, 6.45) is -4.17. The van der Waals surface area contributed by atoms with Gasteiger partial charge in [0.15, 0.2) is 22.6 Å². The molecule has 0 fully saturated rings. The fourth-order valence-electron chi connectivity index (χ4n) is 2.35. The largest absolute Gasteiger partial charge is 0.462 e. The fraction of sp³-hybridized carbons (Fsp3) is 0.211.